The first-order valence-electron chi connectivity index (χ1n) is 9.71. The molecule has 1 unspecified atom stereocenters. The molecule has 4 aromatic rings. The summed E-state index contributed by atoms with van der Waals surface area (Å²) in [6, 6.07) is 35.9. The van der Waals surface area contributed by atoms with Gasteiger partial charge in [0.15, 0.2) is 5.11 Å². The second-order valence-corrected chi connectivity index (χ2v) is 7.53. The van der Waals surface area contributed by atoms with Gasteiger partial charge in [-0.25, -0.2) is 0 Å². The molecule has 0 saturated heterocycles. The van der Waals surface area contributed by atoms with Crippen molar-refractivity contribution >= 4 is 39.4 Å². The van der Waals surface area contributed by atoms with Crippen LogP contribution in [0.1, 0.15) is 22.7 Å². The summed E-state index contributed by atoms with van der Waals surface area (Å²) in [6.45, 7) is 0. The summed E-state index contributed by atoms with van der Waals surface area (Å²) < 4.78 is 0. The molecule has 140 valence electrons. The van der Waals surface area contributed by atoms with Gasteiger partial charge in [-0.1, -0.05) is 103 Å². The number of rotatable bonds is 3. The van der Waals surface area contributed by atoms with Crippen molar-refractivity contribution in [2.75, 3.05) is 0 Å². The Morgan fingerprint density at radius 3 is 2.00 bits per heavy atom. The lowest BCUT2D eigenvalue weighted by Gasteiger charge is -2.33. The lowest BCUT2D eigenvalue weighted by molar-refractivity contribution is 0.791. The summed E-state index contributed by atoms with van der Waals surface area (Å²) in [5, 5.41) is 10.1. The molecule has 0 aromatic heterocycles. The fourth-order valence-corrected chi connectivity index (χ4v) is 4.28. The van der Waals surface area contributed by atoms with E-state index < -0.39 is 0 Å². The van der Waals surface area contributed by atoms with Crippen molar-refractivity contribution in [3.8, 4) is 0 Å². The number of nitrogens with one attached hydrogen (secondary N) is 2. The van der Waals surface area contributed by atoms with E-state index in [1.54, 1.807) is 0 Å². The molecule has 1 aliphatic heterocycles. The zero-order valence-electron chi connectivity index (χ0n) is 15.8. The first-order valence-corrected chi connectivity index (χ1v) is 10.1. The van der Waals surface area contributed by atoms with E-state index in [0.29, 0.717) is 5.11 Å². The largest absolute Gasteiger partial charge is 0.351 e. The van der Waals surface area contributed by atoms with Crippen molar-refractivity contribution in [3.63, 3.8) is 0 Å². The molecule has 0 fully saturated rings. The predicted molar refractivity (Wildman–Crippen MR) is 125 cm³/mol. The lowest BCUT2D eigenvalue weighted by Crippen LogP contribution is -2.42. The van der Waals surface area contributed by atoms with E-state index in [1.807, 2.05) is 12.1 Å². The van der Waals surface area contributed by atoms with Crippen LogP contribution in [0.5, 0.6) is 0 Å². The Balaban J connectivity index is 1.80. The molecule has 4 aromatic carbocycles. The summed E-state index contributed by atoms with van der Waals surface area (Å²) in [5.41, 5.74) is 5.77. The van der Waals surface area contributed by atoms with E-state index >= 15 is 0 Å². The molecular weight excluding hydrogens is 372 g/mol. The van der Waals surface area contributed by atoms with Gasteiger partial charge in [0.1, 0.15) is 0 Å². The second kappa shape index (κ2) is 7.53. The Kier molecular flexibility index (Phi) is 4.59. The van der Waals surface area contributed by atoms with Crippen molar-refractivity contribution in [1.29, 1.82) is 0 Å². The van der Waals surface area contributed by atoms with Crippen molar-refractivity contribution in [1.82, 2.24) is 10.6 Å². The Morgan fingerprint density at radius 2 is 1.24 bits per heavy atom. The van der Waals surface area contributed by atoms with Crippen LogP contribution in [0.2, 0.25) is 0 Å². The maximum Gasteiger partial charge on any atom is 0.171 e. The minimum absolute atomic E-state index is 0.0487. The average Bonchev–Trinajstić information content (AvgIpc) is 2.79. The molecule has 1 heterocycles. The molecule has 0 spiro atoms. The highest BCUT2D eigenvalue weighted by Gasteiger charge is 2.29. The lowest BCUT2D eigenvalue weighted by atomic mass is 9.86. The van der Waals surface area contributed by atoms with E-state index in [4.69, 9.17) is 12.2 Å². The molecule has 2 N–H and O–H groups in total. The number of benzene rings is 4. The molecule has 0 saturated carbocycles. The fourth-order valence-electron chi connectivity index (χ4n) is 4.06. The zero-order valence-corrected chi connectivity index (χ0v) is 16.6. The van der Waals surface area contributed by atoms with E-state index in [2.05, 4.69) is 102 Å². The first kappa shape index (κ1) is 17.7. The summed E-state index contributed by atoms with van der Waals surface area (Å²) in [7, 11) is 0. The molecule has 0 amide bonds. The van der Waals surface area contributed by atoms with Gasteiger partial charge in [-0.2, -0.15) is 0 Å². The highest BCUT2D eigenvalue weighted by atomic mass is 32.1. The molecule has 2 nitrogen and oxygen atoms in total. The summed E-state index contributed by atoms with van der Waals surface area (Å²) in [4.78, 5) is 0. The third kappa shape index (κ3) is 3.30. The van der Waals surface area contributed by atoms with Crippen LogP contribution in [0.25, 0.3) is 22.0 Å². The maximum atomic E-state index is 5.63. The highest BCUT2D eigenvalue weighted by molar-refractivity contribution is 7.80. The van der Waals surface area contributed by atoms with Crippen LogP contribution in [0, 0.1) is 0 Å². The molecule has 1 aliphatic rings. The van der Waals surface area contributed by atoms with Crippen molar-refractivity contribution < 1.29 is 0 Å². The van der Waals surface area contributed by atoms with E-state index in [0.717, 1.165) is 11.3 Å². The van der Waals surface area contributed by atoms with Crippen LogP contribution in [-0.2, 0) is 0 Å². The Labute approximate surface area is 175 Å². The molecule has 3 heteroatoms. The summed E-state index contributed by atoms with van der Waals surface area (Å²) in [6.07, 6.45) is 0. The van der Waals surface area contributed by atoms with Gasteiger partial charge < -0.3 is 10.6 Å². The van der Waals surface area contributed by atoms with Crippen LogP contribution in [0.3, 0.4) is 0 Å². The maximum absolute atomic E-state index is 5.63. The van der Waals surface area contributed by atoms with Crippen LogP contribution in [-0.4, -0.2) is 5.11 Å². The van der Waals surface area contributed by atoms with Crippen molar-refractivity contribution in [3.05, 3.63) is 120 Å². The van der Waals surface area contributed by atoms with Crippen LogP contribution in [0.4, 0.5) is 0 Å². The molecular formula is C26H20N2S. The Morgan fingerprint density at radius 1 is 0.621 bits per heavy atom. The SMILES string of the molecule is S=C1NC(c2ccccc2)=C(c2ccccc2)C(c2cccc3ccccc23)N1. The van der Waals surface area contributed by atoms with Gasteiger partial charge in [0.2, 0.25) is 0 Å². The molecule has 1 atom stereocenters. The molecule has 0 radical (unpaired) electrons. The topological polar surface area (TPSA) is 24.1 Å². The summed E-state index contributed by atoms with van der Waals surface area (Å²) >= 11 is 5.63. The molecule has 0 bridgehead atoms. The number of thiocarbonyl (C=S) groups is 1. The van der Waals surface area contributed by atoms with E-state index in [1.165, 1.54) is 27.5 Å². The van der Waals surface area contributed by atoms with Gasteiger partial charge in [0, 0.05) is 5.57 Å². The van der Waals surface area contributed by atoms with Gasteiger partial charge >= 0.3 is 0 Å². The monoisotopic (exact) mass is 392 g/mol. The number of fused-ring (bicyclic) bond motifs is 1. The third-order valence-electron chi connectivity index (χ3n) is 5.35. The number of hydrogen-bond acceptors (Lipinski definition) is 1. The Bertz CT molecular complexity index is 1210. The minimum atomic E-state index is -0.0487. The molecule has 0 aliphatic carbocycles. The highest BCUT2D eigenvalue weighted by Crippen LogP contribution is 2.40. The van der Waals surface area contributed by atoms with Gasteiger partial charge in [-0.05, 0) is 39.7 Å². The van der Waals surface area contributed by atoms with Crippen LogP contribution in [0.15, 0.2) is 103 Å². The zero-order chi connectivity index (χ0) is 19.6. The number of hydrogen-bond donors (Lipinski definition) is 2. The average molecular weight is 393 g/mol. The quantitative estimate of drug-likeness (QED) is 0.423. The van der Waals surface area contributed by atoms with Crippen LogP contribution < -0.4 is 10.6 Å². The van der Waals surface area contributed by atoms with Gasteiger partial charge in [-0.3, -0.25) is 0 Å². The van der Waals surface area contributed by atoms with E-state index in [9.17, 15) is 0 Å². The molecule has 5 rings (SSSR count). The first-order chi connectivity index (χ1) is 14.3. The smallest absolute Gasteiger partial charge is 0.171 e. The third-order valence-corrected chi connectivity index (χ3v) is 5.57. The minimum Gasteiger partial charge on any atom is -0.351 e. The van der Waals surface area contributed by atoms with Gasteiger partial charge in [0.05, 0.1) is 11.7 Å². The van der Waals surface area contributed by atoms with Gasteiger partial charge in [0.25, 0.3) is 0 Å². The normalized spacial score (nSPS) is 16.4. The standard InChI is InChI=1S/C26H20N2S/c29-26-27-24(20-13-5-2-6-14-20)23(19-11-3-1-4-12-19)25(28-26)22-17-9-15-18-10-7-8-16-21(18)22/h1-17,25H,(H2,27,28,29). The Hall–Kier alpha value is -3.43. The summed E-state index contributed by atoms with van der Waals surface area (Å²) in [5.74, 6) is 0. The van der Waals surface area contributed by atoms with Gasteiger partial charge in [-0.15, -0.1) is 0 Å². The fraction of sp³-hybridized carbons (Fsp3) is 0.0385. The predicted octanol–water partition coefficient (Wildman–Crippen LogP) is 5.93. The van der Waals surface area contributed by atoms with Crippen molar-refractivity contribution in [2.45, 2.75) is 6.04 Å². The van der Waals surface area contributed by atoms with Crippen LogP contribution >= 0.6 is 12.2 Å². The van der Waals surface area contributed by atoms with E-state index in [-0.39, 0.29) is 6.04 Å². The molecule has 29 heavy (non-hydrogen) atoms. The second-order valence-electron chi connectivity index (χ2n) is 7.12. The van der Waals surface area contributed by atoms with Crippen molar-refractivity contribution in [2.24, 2.45) is 0 Å².